The Balaban J connectivity index is 1.50. The molecular formula is C26H42O2. The molecule has 0 unspecified atom stereocenters. The number of aliphatic hydroxyl groups is 1. The molecule has 0 spiro atoms. The summed E-state index contributed by atoms with van der Waals surface area (Å²) in [6.45, 7) is 9.35. The van der Waals surface area contributed by atoms with Crippen molar-refractivity contribution >= 4 is 5.78 Å². The Labute approximate surface area is 172 Å². The Morgan fingerprint density at radius 1 is 1.18 bits per heavy atom. The summed E-state index contributed by atoms with van der Waals surface area (Å²) in [5, 5.41) is 10.2. The van der Waals surface area contributed by atoms with Crippen molar-refractivity contribution in [3.63, 3.8) is 0 Å². The van der Waals surface area contributed by atoms with Crippen LogP contribution in [-0.2, 0) is 4.79 Å². The number of ketones is 1. The largest absolute Gasteiger partial charge is 0.393 e. The van der Waals surface area contributed by atoms with E-state index in [1.54, 1.807) is 12.5 Å². The van der Waals surface area contributed by atoms with Gasteiger partial charge in [0.15, 0.2) is 0 Å². The topological polar surface area (TPSA) is 37.3 Å². The number of fused-ring (bicyclic) bond motifs is 5. The first-order valence-corrected chi connectivity index (χ1v) is 12.1. The Morgan fingerprint density at radius 2 is 1.96 bits per heavy atom. The van der Waals surface area contributed by atoms with Gasteiger partial charge in [0, 0.05) is 6.42 Å². The second-order valence-electron chi connectivity index (χ2n) is 11.5. The van der Waals surface area contributed by atoms with E-state index >= 15 is 0 Å². The number of carbonyl (C=O) groups is 1. The molecule has 8 atom stereocenters. The van der Waals surface area contributed by atoms with E-state index in [-0.39, 0.29) is 6.10 Å². The van der Waals surface area contributed by atoms with Crippen molar-refractivity contribution in [3.8, 4) is 0 Å². The van der Waals surface area contributed by atoms with Crippen LogP contribution in [0.4, 0.5) is 0 Å². The molecular weight excluding hydrogens is 344 g/mol. The Bertz CT molecular complexity index is 636. The second kappa shape index (κ2) is 7.56. The fourth-order valence-corrected chi connectivity index (χ4v) is 8.49. The highest BCUT2D eigenvalue weighted by Gasteiger charge is 2.59. The quantitative estimate of drug-likeness (QED) is 0.561. The normalized spacial score (nSPS) is 46.2. The SMILES string of the molecule is CC(=O)CCC[C@@H](C)[C@H]1CC[C@H]2[C@@H]3CC=C4C[C@@H](O)CC[C@]4(C)[C@@H]3CC[C@]12C. The van der Waals surface area contributed by atoms with E-state index in [1.807, 2.05) is 0 Å². The van der Waals surface area contributed by atoms with Crippen LogP contribution >= 0.6 is 0 Å². The first-order valence-electron chi connectivity index (χ1n) is 12.1. The Kier molecular flexibility index (Phi) is 5.57. The molecule has 1 N–H and O–H groups in total. The minimum Gasteiger partial charge on any atom is -0.393 e. The van der Waals surface area contributed by atoms with Crippen molar-refractivity contribution in [1.29, 1.82) is 0 Å². The molecule has 2 nitrogen and oxygen atoms in total. The maximum atomic E-state index is 11.3. The molecule has 28 heavy (non-hydrogen) atoms. The van der Waals surface area contributed by atoms with Crippen molar-refractivity contribution in [3.05, 3.63) is 11.6 Å². The van der Waals surface area contributed by atoms with Crippen LogP contribution in [0.5, 0.6) is 0 Å². The van der Waals surface area contributed by atoms with E-state index in [9.17, 15) is 9.90 Å². The fraction of sp³-hybridized carbons (Fsp3) is 0.885. The fourth-order valence-electron chi connectivity index (χ4n) is 8.49. The maximum Gasteiger partial charge on any atom is 0.129 e. The van der Waals surface area contributed by atoms with Gasteiger partial charge in [-0.05, 0) is 105 Å². The van der Waals surface area contributed by atoms with Gasteiger partial charge in [0.25, 0.3) is 0 Å². The Morgan fingerprint density at radius 3 is 2.71 bits per heavy atom. The first-order chi connectivity index (χ1) is 13.3. The van der Waals surface area contributed by atoms with Gasteiger partial charge in [0.2, 0.25) is 0 Å². The lowest BCUT2D eigenvalue weighted by molar-refractivity contribution is -0.117. The van der Waals surface area contributed by atoms with Crippen LogP contribution < -0.4 is 0 Å². The molecule has 0 radical (unpaired) electrons. The van der Waals surface area contributed by atoms with Crippen LogP contribution in [0.3, 0.4) is 0 Å². The van der Waals surface area contributed by atoms with Crippen molar-refractivity contribution < 1.29 is 9.90 Å². The number of hydrogen-bond acceptors (Lipinski definition) is 2. The molecule has 0 aromatic carbocycles. The van der Waals surface area contributed by atoms with Gasteiger partial charge in [-0.25, -0.2) is 0 Å². The van der Waals surface area contributed by atoms with Crippen LogP contribution in [0.2, 0.25) is 0 Å². The monoisotopic (exact) mass is 386 g/mol. The highest BCUT2D eigenvalue weighted by Crippen LogP contribution is 2.67. The third-order valence-corrected chi connectivity index (χ3v) is 10.0. The lowest BCUT2D eigenvalue weighted by atomic mass is 9.47. The minimum atomic E-state index is -0.101. The van der Waals surface area contributed by atoms with Gasteiger partial charge in [-0.15, -0.1) is 0 Å². The maximum absolute atomic E-state index is 11.3. The highest BCUT2D eigenvalue weighted by atomic mass is 16.3. The molecule has 0 aromatic rings. The van der Waals surface area contributed by atoms with Crippen LogP contribution in [0.15, 0.2) is 11.6 Å². The van der Waals surface area contributed by atoms with E-state index in [2.05, 4.69) is 26.8 Å². The molecule has 0 saturated heterocycles. The molecule has 158 valence electrons. The highest BCUT2D eigenvalue weighted by molar-refractivity contribution is 5.75. The van der Waals surface area contributed by atoms with Crippen molar-refractivity contribution in [1.82, 2.24) is 0 Å². The van der Waals surface area contributed by atoms with Gasteiger partial charge in [0.1, 0.15) is 5.78 Å². The summed E-state index contributed by atoms with van der Waals surface area (Å²) in [6, 6.07) is 0. The van der Waals surface area contributed by atoms with E-state index in [0.717, 1.165) is 55.3 Å². The smallest absolute Gasteiger partial charge is 0.129 e. The predicted octanol–water partition coefficient (Wildman–Crippen LogP) is 6.32. The number of hydrogen-bond donors (Lipinski definition) is 1. The average Bonchev–Trinajstić information content (AvgIpc) is 2.99. The molecule has 0 aliphatic heterocycles. The van der Waals surface area contributed by atoms with Crippen molar-refractivity contribution in [2.45, 2.75) is 104 Å². The molecule has 3 fully saturated rings. The molecule has 0 bridgehead atoms. The summed E-state index contributed by atoms with van der Waals surface area (Å²) >= 11 is 0. The lowest BCUT2D eigenvalue weighted by Crippen LogP contribution is -2.50. The predicted molar refractivity (Wildman–Crippen MR) is 115 cm³/mol. The second-order valence-corrected chi connectivity index (χ2v) is 11.5. The number of allylic oxidation sites excluding steroid dienone is 1. The third kappa shape index (κ3) is 3.32. The van der Waals surface area contributed by atoms with Gasteiger partial charge in [0.05, 0.1) is 6.10 Å². The molecule has 0 aromatic heterocycles. The lowest BCUT2D eigenvalue weighted by Gasteiger charge is -2.58. The summed E-state index contributed by atoms with van der Waals surface area (Å²) in [4.78, 5) is 11.3. The van der Waals surface area contributed by atoms with Gasteiger partial charge in [-0.2, -0.15) is 0 Å². The average molecular weight is 387 g/mol. The summed E-state index contributed by atoms with van der Waals surface area (Å²) in [5.74, 6) is 4.52. The molecule has 4 aliphatic rings. The molecule has 4 aliphatic carbocycles. The first kappa shape index (κ1) is 20.6. The molecule has 4 rings (SSSR count). The van der Waals surface area contributed by atoms with E-state index in [4.69, 9.17) is 0 Å². The number of carbonyl (C=O) groups excluding carboxylic acids is 1. The minimum absolute atomic E-state index is 0.101. The van der Waals surface area contributed by atoms with E-state index in [1.165, 1.54) is 44.9 Å². The van der Waals surface area contributed by atoms with Crippen LogP contribution in [0.25, 0.3) is 0 Å². The summed E-state index contributed by atoms with van der Waals surface area (Å²) < 4.78 is 0. The van der Waals surface area contributed by atoms with Gasteiger partial charge in [-0.1, -0.05) is 38.8 Å². The number of aliphatic hydroxyl groups excluding tert-OH is 1. The zero-order chi connectivity index (χ0) is 20.1. The van der Waals surface area contributed by atoms with Gasteiger partial charge in [-0.3, -0.25) is 0 Å². The Hall–Kier alpha value is -0.630. The standard InChI is InChI=1S/C26H42O2/c1-17(6-5-7-18(2)27)22-10-11-23-21-9-8-19-16-20(28)12-14-25(19,3)24(21)13-15-26(22,23)4/h8,17,20-24,28H,5-7,9-16H2,1-4H3/t17-,20+,21+,22-,23+,24-,25+,26-/m1/s1. The van der Waals surface area contributed by atoms with Crippen LogP contribution in [0, 0.1) is 40.4 Å². The van der Waals surface area contributed by atoms with Crippen molar-refractivity contribution in [2.24, 2.45) is 40.4 Å². The zero-order valence-corrected chi connectivity index (χ0v) is 18.7. The number of Topliss-reactive ketones (excluding diaryl/α,β-unsaturated/α-hetero) is 1. The summed E-state index contributed by atoms with van der Waals surface area (Å²) in [5.41, 5.74) is 2.45. The van der Waals surface area contributed by atoms with Crippen LogP contribution in [0.1, 0.15) is 98.3 Å². The zero-order valence-electron chi connectivity index (χ0n) is 18.7. The summed E-state index contributed by atoms with van der Waals surface area (Å²) in [7, 11) is 0. The molecule has 0 amide bonds. The summed E-state index contributed by atoms with van der Waals surface area (Å²) in [6.07, 6.45) is 15.5. The van der Waals surface area contributed by atoms with Crippen molar-refractivity contribution in [2.75, 3.05) is 0 Å². The van der Waals surface area contributed by atoms with Gasteiger partial charge < -0.3 is 9.90 Å². The van der Waals surface area contributed by atoms with E-state index in [0.29, 0.717) is 16.6 Å². The van der Waals surface area contributed by atoms with Crippen LogP contribution in [-0.4, -0.2) is 17.0 Å². The van der Waals surface area contributed by atoms with E-state index < -0.39 is 0 Å². The molecule has 0 heterocycles. The number of rotatable bonds is 5. The third-order valence-electron chi connectivity index (χ3n) is 10.0. The molecule has 3 saturated carbocycles. The molecule has 2 heteroatoms. The van der Waals surface area contributed by atoms with Gasteiger partial charge >= 0.3 is 0 Å².